The number of ether oxygens (including phenoxy) is 3. The summed E-state index contributed by atoms with van der Waals surface area (Å²) in [5, 5.41) is 9.47. The van der Waals surface area contributed by atoms with Crippen LogP contribution in [0.5, 0.6) is 17.4 Å². The number of hydrogen-bond donors (Lipinski definition) is 1. The summed E-state index contributed by atoms with van der Waals surface area (Å²) in [6.07, 6.45) is 2.89. The highest BCUT2D eigenvalue weighted by Crippen LogP contribution is 2.24. The highest BCUT2D eigenvalue weighted by atomic mass is 16.6. The zero-order chi connectivity index (χ0) is 21.6. The van der Waals surface area contributed by atoms with Gasteiger partial charge in [0.05, 0.1) is 0 Å². The van der Waals surface area contributed by atoms with E-state index in [0.29, 0.717) is 50.2 Å². The van der Waals surface area contributed by atoms with Gasteiger partial charge in [0.15, 0.2) is 5.82 Å². The second-order valence-corrected chi connectivity index (χ2v) is 7.83. The summed E-state index contributed by atoms with van der Waals surface area (Å²) >= 11 is 0. The number of carbonyl (C=O) groups is 1. The van der Waals surface area contributed by atoms with E-state index in [1.54, 1.807) is 35.5 Å². The molecule has 162 valence electrons. The van der Waals surface area contributed by atoms with Gasteiger partial charge in [0.1, 0.15) is 30.3 Å². The number of phenolic OH excluding ortho intramolecular Hbond substituents is 1. The summed E-state index contributed by atoms with van der Waals surface area (Å²) in [5.41, 5.74) is -0.513. The molecule has 0 unspecified atom stereocenters. The molecule has 0 atom stereocenters. The smallest absolute Gasteiger partial charge is 0.410 e. The van der Waals surface area contributed by atoms with Gasteiger partial charge < -0.3 is 29.1 Å². The van der Waals surface area contributed by atoms with E-state index in [1.165, 1.54) is 6.07 Å². The van der Waals surface area contributed by atoms with Crippen molar-refractivity contribution in [3.05, 3.63) is 36.7 Å². The topological polar surface area (TPSA) is 97.3 Å². The van der Waals surface area contributed by atoms with Gasteiger partial charge in [0.25, 0.3) is 5.88 Å². The Hall–Kier alpha value is -3.23. The molecule has 1 fully saturated rings. The molecule has 0 saturated carbocycles. The van der Waals surface area contributed by atoms with Gasteiger partial charge >= 0.3 is 6.09 Å². The van der Waals surface area contributed by atoms with E-state index in [-0.39, 0.29) is 18.4 Å². The maximum atomic E-state index is 12.2. The third-order valence-corrected chi connectivity index (χ3v) is 4.29. The van der Waals surface area contributed by atoms with Gasteiger partial charge in [0.2, 0.25) is 0 Å². The largest absolute Gasteiger partial charge is 0.508 e. The Bertz CT molecular complexity index is 847. The molecule has 0 bridgehead atoms. The van der Waals surface area contributed by atoms with Crippen LogP contribution in [0.1, 0.15) is 20.8 Å². The van der Waals surface area contributed by atoms with Gasteiger partial charge in [-0.1, -0.05) is 6.07 Å². The molecule has 1 N–H and O–H groups in total. The number of carbonyl (C=O) groups excluding carboxylic acids is 1. The lowest BCUT2D eigenvalue weighted by atomic mass is 10.2. The first kappa shape index (κ1) is 21.5. The molecule has 1 aliphatic rings. The fourth-order valence-electron chi connectivity index (χ4n) is 2.94. The first-order valence-electron chi connectivity index (χ1n) is 9.90. The molecule has 1 saturated heterocycles. The highest BCUT2D eigenvalue weighted by Gasteiger charge is 2.27. The van der Waals surface area contributed by atoms with E-state index in [0.717, 1.165) is 0 Å². The number of piperazine rings is 1. The Morgan fingerprint density at radius 2 is 1.77 bits per heavy atom. The minimum absolute atomic E-state index is 0.148. The lowest BCUT2D eigenvalue weighted by Crippen LogP contribution is -2.50. The molecule has 3 rings (SSSR count). The van der Waals surface area contributed by atoms with E-state index in [9.17, 15) is 9.90 Å². The van der Waals surface area contributed by atoms with E-state index in [2.05, 4.69) is 9.97 Å². The monoisotopic (exact) mass is 416 g/mol. The molecule has 2 heterocycles. The van der Waals surface area contributed by atoms with Crippen molar-refractivity contribution in [2.75, 3.05) is 44.3 Å². The summed E-state index contributed by atoms with van der Waals surface area (Å²) in [4.78, 5) is 24.7. The molecule has 1 aliphatic heterocycles. The number of anilines is 1. The van der Waals surface area contributed by atoms with Crippen molar-refractivity contribution in [1.82, 2.24) is 14.9 Å². The first-order valence-corrected chi connectivity index (χ1v) is 9.90. The molecule has 30 heavy (non-hydrogen) atoms. The zero-order valence-electron chi connectivity index (χ0n) is 17.6. The van der Waals surface area contributed by atoms with Crippen LogP contribution >= 0.6 is 0 Å². The van der Waals surface area contributed by atoms with Crippen LogP contribution in [-0.4, -0.2) is 71.1 Å². The van der Waals surface area contributed by atoms with E-state index in [4.69, 9.17) is 14.2 Å². The number of rotatable bonds is 6. The number of benzene rings is 1. The molecule has 2 aromatic rings. The standard InChI is InChI=1S/C21H28N4O5/c1-21(2,3)30-20(27)25-11-9-24(10-12-25)18-19(23-8-7-22-18)29-14-13-28-17-6-4-5-16(26)15-17/h4-8,15,26H,9-14H2,1-3H3. The average Bonchev–Trinajstić information content (AvgIpc) is 2.70. The highest BCUT2D eigenvalue weighted by molar-refractivity contribution is 5.68. The third kappa shape index (κ3) is 6.13. The van der Waals surface area contributed by atoms with Gasteiger partial charge in [-0.2, -0.15) is 0 Å². The van der Waals surface area contributed by atoms with Crippen molar-refractivity contribution in [2.24, 2.45) is 0 Å². The number of hydrogen-bond acceptors (Lipinski definition) is 8. The molecule has 9 heteroatoms. The summed E-state index contributed by atoms with van der Waals surface area (Å²) in [5.74, 6) is 1.77. The van der Waals surface area contributed by atoms with Crippen LogP contribution in [0, 0.1) is 0 Å². The van der Waals surface area contributed by atoms with Crippen LogP contribution < -0.4 is 14.4 Å². The Balaban J connectivity index is 1.51. The van der Waals surface area contributed by atoms with Crippen molar-refractivity contribution in [1.29, 1.82) is 0 Å². The van der Waals surface area contributed by atoms with Crippen molar-refractivity contribution < 1.29 is 24.1 Å². The normalized spacial score (nSPS) is 14.4. The molecular weight excluding hydrogens is 388 g/mol. The first-order chi connectivity index (χ1) is 14.3. The van der Waals surface area contributed by atoms with Crippen molar-refractivity contribution in [3.63, 3.8) is 0 Å². The van der Waals surface area contributed by atoms with Crippen LogP contribution in [0.3, 0.4) is 0 Å². The molecule has 0 aliphatic carbocycles. The average molecular weight is 416 g/mol. The van der Waals surface area contributed by atoms with Crippen molar-refractivity contribution >= 4 is 11.9 Å². The third-order valence-electron chi connectivity index (χ3n) is 4.29. The van der Waals surface area contributed by atoms with Crippen LogP contribution in [0.15, 0.2) is 36.7 Å². The molecule has 1 amide bonds. The predicted octanol–water partition coefficient (Wildman–Crippen LogP) is 2.70. The molecule has 0 spiro atoms. The van der Waals surface area contributed by atoms with Crippen molar-refractivity contribution in [3.8, 4) is 17.4 Å². The Morgan fingerprint density at radius 3 is 2.47 bits per heavy atom. The fraction of sp³-hybridized carbons (Fsp3) is 0.476. The lowest BCUT2D eigenvalue weighted by molar-refractivity contribution is 0.0240. The van der Waals surface area contributed by atoms with Gasteiger partial charge in [-0.25, -0.2) is 14.8 Å². The fourth-order valence-corrected chi connectivity index (χ4v) is 2.94. The molecule has 0 radical (unpaired) electrons. The minimum Gasteiger partial charge on any atom is -0.508 e. The number of amides is 1. The molecule has 1 aromatic heterocycles. The SMILES string of the molecule is CC(C)(C)OC(=O)N1CCN(c2nccnc2OCCOc2cccc(O)c2)CC1. The summed E-state index contributed by atoms with van der Waals surface area (Å²) in [6.45, 7) is 8.42. The van der Waals surface area contributed by atoms with Crippen LogP contribution in [-0.2, 0) is 4.74 Å². The summed E-state index contributed by atoms with van der Waals surface area (Å²) < 4.78 is 16.8. The van der Waals surface area contributed by atoms with Gasteiger partial charge in [0, 0.05) is 44.6 Å². The predicted molar refractivity (Wildman–Crippen MR) is 111 cm³/mol. The quantitative estimate of drug-likeness (QED) is 0.718. The van der Waals surface area contributed by atoms with Crippen molar-refractivity contribution in [2.45, 2.75) is 26.4 Å². The number of phenols is 1. The van der Waals surface area contributed by atoms with E-state index >= 15 is 0 Å². The maximum absolute atomic E-state index is 12.2. The zero-order valence-corrected chi connectivity index (χ0v) is 17.6. The van der Waals surface area contributed by atoms with E-state index in [1.807, 2.05) is 25.7 Å². The minimum atomic E-state index is -0.513. The van der Waals surface area contributed by atoms with Gasteiger partial charge in [-0.3, -0.25) is 0 Å². The lowest BCUT2D eigenvalue weighted by Gasteiger charge is -2.36. The van der Waals surface area contributed by atoms with E-state index < -0.39 is 5.60 Å². The van der Waals surface area contributed by atoms with Crippen LogP contribution in [0.4, 0.5) is 10.6 Å². The molecule has 9 nitrogen and oxygen atoms in total. The number of nitrogens with zero attached hydrogens (tertiary/aromatic N) is 4. The van der Waals surface area contributed by atoms with Gasteiger partial charge in [-0.05, 0) is 32.9 Å². The molecule has 1 aromatic carbocycles. The number of aromatic nitrogens is 2. The Labute approximate surface area is 176 Å². The maximum Gasteiger partial charge on any atom is 0.410 e. The van der Waals surface area contributed by atoms with Gasteiger partial charge in [-0.15, -0.1) is 0 Å². The number of aromatic hydroxyl groups is 1. The summed E-state index contributed by atoms with van der Waals surface area (Å²) in [6, 6.07) is 6.59. The Morgan fingerprint density at radius 1 is 1.07 bits per heavy atom. The van der Waals surface area contributed by atoms with Crippen LogP contribution in [0.25, 0.3) is 0 Å². The second kappa shape index (κ2) is 9.51. The Kier molecular flexibility index (Phi) is 6.81. The molecular formula is C21H28N4O5. The second-order valence-electron chi connectivity index (χ2n) is 7.83. The van der Waals surface area contributed by atoms with Crippen LogP contribution in [0.2, 0.25) is 0 Å². The summed E-state index contributed by atoms with van der Waals surface area (Å²) in [7, 11) is 0.